The Bertz CT molecular complexity index is 724. The minimum absolute atomic E-state index is 0.0527. The number of aliphatic carboxylic acids is 1. The van der Waals surface area contributed by atoms with E-state index in [0.717, 1.165) is 52.6 Å². The minimum atomic E-state index is -0.833. The molecule has 0 aromatic heterocycles. The SMILES string of the molecule is CC(=O)O.CCC(=O)NC[C@H]1[C@H]2CN(CCCOCc3ccccc3)C[C@]23CC[C@H]1O3. The fourth-order valence-electron chi connectivity index (χ4n) is 5.24. The molecule has 0 saturated carbocycles. The third-order valence-electron chi connectivity index (χ3n) is 6.58. The van der Waals surface area contributed by atoms with Gasteiger partial charge in [-0.1, -0.05) is 37.3 Å². The van der Waals surface area contributed by atoms with Crippen LogP contribution in [0.15, 0.2) is 30.3 Å². The Hall–Kier alpha value is -1.96. The number of rotatable bonds is 9. The van der Waals surface area contributed by atoms with Crippen LogP contribution in [0.4, 0.5) is 0 Å². The molecule has 1 amide bonds. The zero-order chi connectivity index (χ0) is 22.3. The van der Waals surface area contributed by atoms with Crippen LogP contribution in [0.25, 0.3) is 0 Å². The van der Waals surface area contributed by atoms with E-state index in [-0.39, 0.29) is 11.5 Å². The number of carbonyl (C=O) groups is 2. The zero-order valence-electron chi connectivity index (χ0n) is 18.7. The lowest BCUT2D eigenvalue weighted by Crippen LogP contribution is -2.41. The molecule has 3 aliphatic heterocycles. The van der Waals surface area contributed by atoms with E-state index >= 15 is 0 Å². The number of benzene rings is 1. The summed E-state index contributed by atoms with van der Waals surface area (Å²) in [6.07, 6.45) is 4.29. The van der Waals surface area contributed by atoms with Crippen LogP contribution < -0.4 is 5.32 Å². The van der Waals surface area contributed by atoms with Gasteiger partial charge in [-0.25, -0.2) is 0 Å². The molecule has 0 aliphatic carbocycles. The van der Waals surface area contributed by atoms with Crippen molar-refractivity contribution in [3.63, 3.8) is 0 Å². The van der Waals surface area contributed by atoms with Gasteiger partial charge >= 0.3 is 0 Å². The Labute approximate surface area is 185 Å². The Balaban J connectivity index is 0.000000628. The molecule has 2 bridgehead atoms. The topological polar surface area (TPSA) is 88.1 Å². The zero-order valence-corrected chi connectivity index (χ0v) is 18.7. The number of amides is 1. The predicted molar refractivity (Wildman–Crippen MR) is 118 cm³/mol. The average molecular weight is 433 g/mol. The molecule has 7 nitrogen and oxygen atoms in total. The summed E-state index contributed by atoms with van der Waals surface area (Å²) in [5, 5.41) is 10.5. The van der Waals surface area contributed by atoms with Gasteiger partial charge in [-0.2, -0.15) is 0 Å². The first-order chi connectivity index (χ1) is 14.9. The molecule has 3 saturated heterocycles. The van der Waals surface area contributed by atoms with Crippen molar-refractivity contribution in [2.45, 2.75) is 57.8 Å². The maximum absolute atomic E-state index is 11.7. The van der Waals surface area contributed by atoms with Gasteiger partial charge in [0.15, 0.2) is 0 Å². The van der Waals surface area contributed by atoms with E-state index in [1.807, 2.05) is 13.0 Å². The number of hydrogen-bond donors (Lipinski definition) is 2. The van der Waals surface area contributed by atoms with Crippen molar-refractivity contribution in [1.29, 1.82) is 0 Å². The lowest BCUT2D eigenvalue weighted by molar-refractivity contribution is -0.134. The van der Waals surface area contributed by atoms with E-state index in [0.29, 0.717) is 31.0 Å². The molecule has 7 heteroatoms. The predicted octanol–water partition coefficient (Wildman–Crippen LogP) is 2.69. The van der Waals surface area contributed by atoms with Crippen molar-refractivity contribution in [3.05, 3.63) is 35.9 Å². The van der Waals surface area contributed by atoms with Crippen LogP contribution in [0, 0.1) is 11.8 Å². The van der Waals surface area contributed by atoms with E-state index < -0.39 is 5.97 Å². The molecule has 4 atom stereocenters. The minimum Gasteiger partial charge on any atom is -0.481 e. The summed E-state index contributed by atoms with van der Waals surface area (Å²) in [6.45, 7) is 8.46. The van der Waals surface area contributed by atoms with Crippen LogP contribution in [-0.4, -0.2) is 66.4 Å². The Morgan fingerprint density at radius 1 is 1.32 bits per heavy atom. The second-order valence-corrected chi connectivity index (χ2v) is 8.83. The number of carbonyl (C=O) groups excluding carboxylic acids is 1. The number of hydrogen-bond acceptors (Lipinski definition) is 5. The number of carboxylic acid groups (broad SMARTS) is 1. The van der Waals surface area contributed by atoms with Gasteiger partial charge in [0.2, 0.25) is 5.91 Å². The van der Waals surface area contributed by atoms with Gasteiger partial charge < -0.3 is 19.9 Å². The molecule has 172 valence electrons. The highest BCUT2D eigenvalue weighted by atomic mass is 16.5. The Morgan fingerprint density at radius 2 is 2.06 bits per heavy atom. The van der Waals surface area contributed by atoms with Gasteiger partial charge in [0.25, 0.3) is 5.97 Å². The van der Waals surface area contributed by atoms with Crippen molar-refractivity contribution in [2.75, 3.05) is 32.8 Å². The second kappa shape index (κ2) is 11.1. The third-order valence-corrected chi connectivity index (χ3v) is 6.58. The average Bonchev–Trinajstić information content (AvgIpc) is 3.40. The largest absolute Gasteiger partial charge is 0.481 e. The van der Waals surface area contributed by atoms with Gasteiger partial charge in [-0.15, -0.1) is 0 Å². The molecular weight excluding hydrogens is 396 g/mol. The summed E-state index contributed by atoms with van der Waals surface area (Å²) in [7, 11) is 0. The monoisotopic (exact) mass is 432 g/mol. The van der Waals surface area contributed by atoms with Gasteiger partial charge in [0, 0.05) is 58.0 Å². The molecular formula is C24H36N2O5. The van der Waals surface area contributed by atoms with E-state index in [9.17, 15) is 4.79 Å². The number of likely N-dealkylation sites (tertiary alicyclic amines) is 1. The summed E-state index contributed by atoms with van der Waals surface area (Å²) in [5.74, 6) is 0.365. The Morgan fingerprint density at radius 3 is 2.77 bits per heavy atom. The van der Waals surface area contributed by atoms with E-state index in [4.69, 9.17) is 19.4 Å². The van der Waals surface area contributed by atoms with Crippen molar-refractivity contribution < 1.29 is 24.2 Å². The van der Waals surface area contributed by atoms with Gasteiger partial charge in [-0.05, 0) is 24.8 Å². The highest BCUT2D eigenvalue weighted by molar-refractivity contribution is 5.75. The highest BCUT2D eigenvalue weighted by Crippen LogP contribution is 2.54. The molecule has 1 aromatic rings. The van der Waals surface area contributed by atoms with Gasteiger partial charge in [0.1, 0.15) is 0 Å². The summed E-state index contributed by atoms with van der Waals surface area (Å²) in [4.78, 5) is 23.2. The molecule has 3 heterocycles. The van der Waals surface area contributed by atoms with Crippen LogP contribution in [0.5, 0.6) is 0 Å². The molecule has 3 aliphatic rings. The van der Waals surface area contributed by atoms with Gasteiger partial charge in [-0.3, -0.25) is 14.5 Å². The number of nitrogens with one attached hydrogen (secondary N) is 1. The number of carboxylic acids is 1. The van der Waals surface area contributed by atoms with Crippen LogP contribution in [0.2, 0.25) is 0 Å². The van der Waals surface area contributed by atoms with E-state index in [2.05, 4.69) is 34.5 Å². The van der Waals surface area contributed by atoms with Crippen LogP contribution >= 0.6 is 0 Å². The summed E-state index contributed by atoms with van der Waals surface area (Å²) in [5.41, 5.74) is 1.28. The second-order valence-electron chi connectivity index (χ2n) is 8.83. The van der Waals surface area contributed by atoms with Gasteiger partial charge in [0.05, 0.1) is 18.3 Å². The van der Waals surface area contributed by atoms with Crippen molar-refractivity contribution in [3.8, 4) is 0 Å². The fourth-order valence-corrected chi connectivity index (χ4v) is 5.24. The molecule has 4 rings (SSSR count). The van der Waals surface area contributed by atoms with Crippen LogP contribution in [-0.2, 0) is 25.7 Å². The van der Waals surface area contributed by atoms with Crippen LogP contribution in [0.1, 0.15) is 45.1 Å². The first kappa shape index (κ1) is 23.7. The maximum atomic E-state index is 11.7. The normalized spacial score (nSPS) is 28.6. The molecule has 3 fully saturated rings. The van der Waals surface area contributed by atoms with E-state index in [1.165, 1.54) is 12.0 Å². The standard InChI is InChI=1S/C22H32N2O3.C2H4O2/c1-2-21(25)23-13-18-19-14-24(16-22(19)10-9-20(18)27-22)11-6-12-26-15-17-7-4-3-5-8-17;1-2(3)4/h3-5,7-8,18-20H,2,6,9-16H2,1H3,(H,23,25);1H3,(H,3,4)/t18-,19+,20+,22+;/m0./s1. The first-order valence-electron chi connectivity index (χ1n) is 11.4. The lowest BCUT2D eigenvalue weighted by atomic mass is 9.73. The lowest BCUT2D eigenvalue weighted by Gasteiger charge is -2.29. The molecule has 0 radical (unpaired) electrons. The fraction of sp³-hybridized carbons (Fsp3) is 0.667. The maximum Gasteiger partial charge on any atom is 0.300 e. The Kier molecular flexibility index (Phi) is 8.46. The third kappa shape index (κ3) is 6.28. The van der Waals surface area contributed by atoms with Crippen molar-refractivity contribution in [1.82, 2.24) is 10.2 Å². The summed E-state index contributed by atoms with van der Waals surface area (Å²) in [6, 6.07) is 10.3. The summed E-state index contributed by atoms with van der Waals surface area (Å²) < 4.78 is 12.3. The van der Waals surface area contributed by atoms with Crippen LogP contribution in [0.3, 0.4) is 0 Å². The van der Waals surface area contributed by atoms with E-state index in [1.54, 1.807) is 0 Å². The molecule has 0 unspecified atom stereocenters. The number of nitrogens with zero attached hydrogens (tertiary/aromatic N) is 1. The molecule has 1 spiro atoms. The smallest absolute Gasteiger partial charge is 0.300 e. The highest BCUT2D eigenvalue weighted by Gasteiger charge is 2.62. The summed E-state index contributed by atoms with van der Waals surface area (Å²) >= 11 is 0. The van der Waals surface area contributed by atoms with Crippen molar-refractivity contribution in [2.24, 2.45) is 11.8 Å². The van der Waals surface area contributed by atoms with Crippen molar-refractivity contribution >= 4 is 11.9 Å². The number of ether oxygens (including phenoxy) is 2. The molecule has 31 heavy (non-hydrogen) atoms. The number of fused-ring (bicyclic) bond motifs is 1. The molecule has 1 aromatic carbocycles. The molecule has 2 N–H and O–H groups in total. The quantitative estimate of drug-likeness (QED) is 0.584. The first-order valence-corrected chi connectivity index (χ1v) is 11.4.